The van der Waals surface area contributed by atoms with Crippen LogP contribution >= 0.6 is 0 Å². The number of hydrogen-bond donors (Lipinski definition) is 19. The molecule has 1 unspecified atom stereocenters. The number of carbonyl (C=O) groups excluding carboxylic acids is 9. The van der Waals surface area contributed by atoms with Gasteiger partial charge in [0.15, 0.2) is 18.9 Å². The third-order valence-electron chi connectivity index (χ3n) is 15.6. The molecule has 566 valence electrons. The molecule has 3 rings (SSSR count). The average molecular weight is 1420 g/mol. The second-order valence-electron chi connectivity index (χ2n) is 24.2. The first-order valence-corrected chi connectivity index (χ1v) is 33.5. The maximum absolute atomic E-state index is 12.7. The molecule has 0 aromatic carbocycles. The minimum atomic E-state index is -1.44. The molecule has 15 atom stereocenters. The SMILES string of the molecule is CC(=O)N[C@H]1[C@H](OCCCCC(=O)NCCCNC(=O)CCOCC(N)(COCCC(=O)NCCCNC(=O)CCCCO[C@@H]2O[C@H](CO)[C@H](O)[C@H](O)[C@H]2NC(C)=O)COCCC(=O)NCCCNC(=O)CCCCO[C@@H]2O[C@H](CO)C(O)[C@H](O)[C@H]2NC(C)=O)O[C@H](CO)[C@H](O)[C@@H]1O. The smallest absolute Gasteiger partial charge is 0.222 e. The van der Waals surface area contributed by atoms with Crippen LogP contribution in [0.25, 0.3) is 0 Å². The Morgan fingerprint density at radius 2 is 0.582 bits per heavy atom. The molecule has 3 saturated heterocycles. The molecular weight excluding hydrogens is 1300 g/mol. The van der Waals surface area contributed by atoms with E-state index in [-0.39, 0.29) is 173 Å². The highest BCUT2D eigenvalue weighted by Gasteiger charge is 2.48. The maximum atomic E-state index is 12.7. The zero-order valence-electron chi connectivity index (χ0n) is 56.4. The van der Waals surface area contributed by atoms with E-state index in [4.69, 9.17) is 48.4 Å². The number of carbonyl (C=O) groups is 9. The number of aliphatic hydroxyl groups is 9. The second kappa shape index (κ2) is 49.1. The summed E-state index contributed by atoms with van der Waals surface area (Å²) in [5.41, 5.74) is 5.39. The Kier molecular flexibility index (Phi) is 43.4. The van der Waals surface area contributed by atoms with Gasteiger partial charge >= 0.3 is 0 Å². The zero-order valence-corrected chi connectivity index (χ0v) is 56.4. The predicted molar refractivity (Wildman–Crippen MR) is 341 cm³/mol. The van der Waals surface area contributed by atoms with Gasteiger partial charge in [-0.2, -0.15) is 0 Å². The largest absolute Gasteiger partial charge is 0.394 e. The highest BCUT2D eigenvalue weighted by atomic mass is 16.7. The summed E-state index contributed by atoms with van der Waals surface area (Å²) >= 11 is 0. The molecule has 37 nitrogen and oxygen atoms in total. The average Bonchev–Trinajstić information content (AvgIpc) is 0.825. The van der Waals surface area contributed by atoms with Crippen LogP contribution in [-0.4, -0.2) is 315 Å². The molecule has 98 heavy (non-hydrogen) atoms. The van der Waals surface area contributed by atoms with Crippen molar-refractivity contribution in [1.29, 1.82) is 0 Å². The zero-order chi connectivity index (χ0) is 72.4. The van der Waals surface area contributed by atoms with Crippen LogP contribution in [0.5, 0.6) is 0 Å². The number of rotatable bonds is 51. The monoisotopic (exact) mass is 1410 g/mol. The number of aliphatic hydroxyl groups excluding tert-OH is 9. The summed E-state index contributed by atoms with van der Waals surface area (Å²) in [5.74, 6) is -3.12. The quantitative estimate of drug-likeness (QED) is 0.0252. The number of unbranched alkanes of at least 4 members (excludes halogenated alkanes) is 3. The highest BCUT2D eigenvalue weighted by molar-refractivity contribution is 5.78. The summed E-state index contributed by atoms with van der Waals surface area (Å²) in [7, 11) is 0. The summed E-state index contributed by atoms with van der Waals surface area (Å²) < 4.78 is 51.0. The molecule has 0 aromatic heterocycles. The molecule has 3 aliphatic heterocycles. The van der Waals surface area contributed by atoms with Gasteiger partial charge in [-0.25, -0.2) is 0 Å². The molecule has 0 saturated carbocycles. The summed E-state index contributed by atoms with van der Waals surface area (Å²) in [4.78, 5) is 110. The Morgan fingerprint density at radius 1 is 0.347 bits per heavy atom. The Balaban J connectivity index is 1.34. The van der Waals surface area contributed by atoms with Gasteiger partial charge in [-0.05, 0) is 57.8 Å². The van der Waals surface area contributed by atoms with Gasteiger partial charge in [0.05, 0.1) is 65.0 Å². The number of ether oxygens (including phenoxy) is 9. The van der Waals surface area contributed by atoms with Gasteiger partial charge in [-0.1, -0.05) is 0 Å². The van der Waals surface area contributed by atoms with Crippen molar-refractivity contribution < 1.29 is 132 Å². The summed E-state index contributed by atoms with van der Waals surface area (Å²) in [6.07, 6.45) is -11.2. The minimum Gasteiger partial charge on any atom is -0.394 e. The van der Waals surface area contributed by atoms with Gasteiger partial charge < -0.3 is 142 Å². The van der Waals surface area contributed by atoms with E-state index in [9.17, 15) is 89.1 Å². The van der Waals surface area contributed by atoms with E-state index in [1.165, 1.54) is 20.8 Å². The van der Waals surface area contributed by atoms with Gasteiger partial charge in [0.1, 0.15) is 73.1 Å². The van der Waals surface area contributed by atoms with Gasteiger partial charge in [0, 0.05) is 118 Å². The lowest BCUT2D eigenvalue weighted by molar-refractivity contribution is -0.270. The van der Waals surface area contributed by atoms with E-state index in [1.54, 1.807) is 0 Å². The molecule has 37 heteroatoms. The molecular formula is C61H110N10O27. The molecule has 0 spiro atoms. The van der Waals surface area contributed by atoms with E-state index < -0.39 is 135 Å². The Hall–Kier alpha value is -5.53. The predicted octanol–water partition coefficient (Wildman–Crippen LogP) is -7.84. The van der Waals surface area contributed by atoms with E-state index in [0.29, 0.717) is 57.8 Å². The normalized spacial score (nSPS) is 25.5. The van der Waals surface area contributed by atoms with E-state index >= 15 is 0 Å². The van der Waals surface area contributed by atoms with Crippen molar-refractivity contribution in [1.82, 2.24) is 47.9 Å². The van der Waals surface area contributed by atoms with Crippen LogP contribution in [0.3, 0.4) is 0 Å². The van der Waals surface area contributed by atoms with Crippen molar-refractivity contribution in [3.05, 3.63) is 0 Å². The third kappa shape index (κ3) is 34.7. The number of nitrogens with one attached hydrogen (secondary N) is 9. The van der Waals surface area contributed by atoms with Gasteiger partial charge in [0.2, 0.25) is 53.2 Å². The number of amides is 9. The van der Waals surface area contributed by atoms with Crippen LogP contribution in [0.4, 0.5) is 0 Å². The number of hydrogen-bond acceptors (Lipinski definition) is 28. The fraction of sp³-hybridized carbons (Fsp3) is 0.852. The summed E-state index contributed by atoms with van der Waals surface area (Å²) in [6.45, 7) is 3.30. The van der Waals surface area contributed by atoms with Crippen molar-refractivity contribution in [2.75, 3.05) is 119 Å². The summed E-state index contributed by atoms with van der Waals surface area (Å²) in [5, 5.41) is 114. The van der Waals surface area contributed by atoms with Crippen LogP contribution in [0.1, 0.15) is 117 Å². The Bertz CT molecular complexity index is 2110. The van der Waals surface area contributed by atoms with E-state index in [0.717, 1.165) is 0 Å². The maximum Gasteiger partial charge on any atom is 0.222 e. The second-order valence-corrected chi connectivity index (χ2v) is 24.2. The van der Waals surface area contributed by atoms with Crippen LogP contribution in [0.2, 0.25) is 0 Å². The van der Waals surface area contributed by atoms with Crippen molar-refractivity contribution in [2.45, 2.75) is 215 Å². The molecule has 0 aromatic rings. The lowest BCUT2D eigenvalue weighted by atomic mass is 9.97. The van der Waals surface area contributed by atoms with Gasteiger partial charge in [0.25, 0.3) is 0 Å². The summed E-state index contributed by atoms with van der Waals surface area (Å²) in [6, 6.07) is -3.23. The molecule has 3 aliphatic rings. The Labute approximate surface area is 570 Å². The molecule has 0 aliphatic carbocycles. The fourth-order valence-corrected chi connectivity index (χ4v) is 10.2. The van der Waals surface area contributed by atoms with Crippen molar-refractivity contribution >= 4 is 53.2 Å². The first-order chi connectivity index (χ1) is 46.8. The van der Waals surface area contributed by atoms with E-state index in [1.807, 2.05) is 0 Å². The minimum absolute atomic E-state index is 0.0371. The first-order valence-electron chi connectivity index (χ1n) is 33.5. The fourth-order valence-electron chi connectivity index (χ4n) is 10.2. The van der Waals surface area contributed by atoms with Crippen molar-refractivity contribution in [3.63, 3.8) is 0 Å². The molecule has 0 radical (unpaired) electrons. The molecule has 9 amide bonds. The lowest BCUT2D eigenvalue weighted by Crippen LogP contribution is -2.64. The Morgan fingerprint density at radius 3 is 0.806 bits per heavy atom. The van der Waals surface area contributed by atoms with Crippen LogP contribution in [0, 0.1) is 0 Å². The first kappa shape index (κ1) is 86.7. The van der Waals surface area contributed by atoms with Crippen molar-refractivity contribution in [2.24, 2.45) is 5.73 Å². The van der Waals surface area contributed by atoms with Crippen LogP contribution in [0.15, 0.2) is 0 Å². The van der Waals surface area contributed by atoms with Gasteiger partial charge in [-0.3, -0.25) is 43.2 Å². The van der Waals surface area contributed by atoms with Crippen LogP contribution in [-0.2, 0) is 85.8 Å². The van der Waals surface area contributed by atoms with Gasteiger partial charge in [-0.15, -0.1) is 0 Å². The molecule has 3 heterocycles. The van der Waals surface area contributed by atoms with Crippen LogP contribution < -0.4 is 53.6 Å². The standard InChI is InChI=1S/C61H110N10O27/c1-37(75)69-49-55(87)52(84)40(31-72)96-58(49)93-25-7-4-13-43(78)63-19-10-22-66-46(81)16-28-90-34-61(62,35-91-29-17-47(82)67-23-11-20-64-44(79)14-5-8-26-94-59-50(70-38(2)76)56(88)53(85)41(32-73)97-59)36-92-30-18-48(83)68-24-12-21-65-45(80)15-6-9-27-95-60-51(71-39(3)77)57(89)54(86)42(33-74)98-60/h40-42,49-60,72-74,84-89H,4-36,62H2,1-3H3,(H,63,78)(H,64,79)(H,65,80)(H,66,81)(H,67,82)(H,68,83)(H,69,75)(H,70,76)(H,71,77)/t40-,41-,42-,49-,50-,51-,52+,53+,54?,55-,56-,57-,58-,59-,60-/m1/s1. The molecule has 20 N–H and O–H groups in total. The van der Waals surface area contributed by atoms with Crippen molar-refractivity contribution in [3.8, 4) is 0 Å². The molecule has 0 bridgehead atoms. The molecule has 3 fully saturated rings. The third-order valence-corrected chi connectivity index (χ3v) is 15.6. The lowest BCUT2D eigenvalue weighted by Gasteiger charge is -2.42. The number of nitrogens with two attached hydrogens (primary N) is 1. The highest BCUT2D eigenvalue weighted by Crippen LogP contribution is 2.25. The topological polar surface area (TPSA) is 553 Å². The van der Waals surface area contributed by atoms with E-state index in [2.05, 4.69) is 47.9 Å².